The summed E-state index contributed by atoms with van der Waals surface area (Å²) in [6.07, 6.45) is -32.5. The van der Waals surface area contributed by atoms with Gasteiger partial charge in [-0.05, 0) is 12.0 Å². The summed E-state index contributed by atoms with van der Waals surface area (Å²) in [5, 5.41) is 25.6. The molecule has 0 heterocycles. The second-order valence-electron chi connectivity index (χ2n) is 7.24. The highest BCUT2D eigenvalue weighted by Crippen LogP contribution is 2.48. The lowest BCUT2D eigenvalue weighted by molar-refractivity contribution is -0.372. The van der Waals surface area contributed by atoms with Crippen LogP contribution in [0, 0.1) is 0 Å². The molecule has 1 atom stereocenters. The van der Waals surface area contributed by atoms with E-state index < -0.39 is 66.5 Å². The van der Waals surface area contributed by atoms with Gasteiger partial charge in [0.15, 0.2) is 0 Å². The number of Topliss-reactive ketones (excluding diaryl/α,β-unsaturated/α-hetero) is 1. The zero-order valence-electron chi connectivity index (χ0n) is 17.4. The molecule has 1 rings (SSSR count). The second kappa shape index (κ2) is 11.2. The van der Waals surface area contributed by atoms with Crippen molar-refractivity contribution in [1.82, 2.24) is 0 Å². The topological polar surface area (TPSA) is 121 Å². The van der Waals surface area contributed by atoms with Crippen LogP contribution in [0.1, 0.15) is 18.4 Å². The van der Waals surface area contributed by atoms with Crippen molar-refractivity contribution in [1.29, 1.82) is 0 Å². The van der Waals surface area contributed by atoms with E-state index in [4.69, 9.17) is 21.1 Å². The molecule has 1 aromatic rings. The first-order valence-electron chi connectivity index (χ1n) is 9.06. The standard InChI is InChI=1S/C9H6F12O3.C9H11NO2/c10-6(11,12)4(23,7(13,14)15)1-3(22)2-5(24,8(16,17)18)9(19,20)21;10-8(9(11)12)6-7-4-2-1-3-5-7/h23-24H,1-2H2;1-5,8H,6,10H2,(H,11,12). The number of hydrogen-bond acceptors (Lipinski definition) is 5. The number of carbonyl (C=O) groups excluding carboxylic acids is 1. The summed E-state index contributed by atoms with van der Waals surface area (Å²) in [7, 11) is 0. The normalized spacial score (nSPS) is 14.5. The molecule has 0 radical (unpaired) electrons. The molecule has 0 spiro atoms. The van der Waals surface area contributed by atoms with Crippen LogP contribution >= 0.6 is 0 Å². The zero-order valence-corrected chi connectivity index (χ0v) is 17.4. The SMILES string of the molecule is NC(Cc1ccccc1)C(=O)O.O=C(CC(O)(C(F)(F)F)C(F)(F)F)CC(O)(C(F)(F)F)C(F)(F)F. The number of aliphatic carboxylic acids is 1. The van der Waals surface area contributed by atoms with Crippen LogP contribution in [-0.4, -0.2) is 69.0 Å². The Balaban J connectivity index is 0.000000846. The minimum absolute atomic E-state index is 0.385. The number of ketones is 1. The minimum Gasteiger partial charge on any atom is -0.480 e. The minimum atomic E-state index is -6.63. The van der Waals surface area contributed by atoms with Crippen molar-refractivity contribution >= 4 is 11.8 Å². The summed E-state index contributed by atoms with van der Waals surface area (Å²) in [6, 6.07) is 8.54. The Kier molecular flexibility index (Phi) is 10.4. The van der Waals surface area contributed by atoms with E-state index >= 15 is 0 Å². The molecule has 18 heteroatoms. The summed E-state index contributed by atoms with van der Waals surface area (Å²) in [4.78, 5) is 21.3. The lowest BCUT2D eigenvalue weighted by Crippen LogP contribution is -2.61. The van der Waals surface area contributed by atoms with Gasteiger partial charge in [-0.1, -0.05) is 30.3 Å². The van der Waals surface area contributed by atoms with Crippen LogP contribution in [0.3, 0.4) is 0 Å². The van der Waals surface area contributed by atoms with Crippen LogP contribution in [0.2, 0.25) is 0 Å². The number of carboxylic acids is 1. The van der Waals surface area contributed by atoms with Crippen molar-refractivity contribution in [3.8, 4) is 0 Å². The summed E-state index contributed by atoms with van der Waals surface area (Å²) in [5.41, 5.74) is -5.46. The van der Waals surface area contributed by atoms with Crippen molar-refractivity contribution in [2.24, 2.45) is 5.73 Å². The molecule has 0 bridgehead atoms. The lowest BCUT2D eigenvalue weighted by atomic mass is 9.88. The molecule has 5 N–H and O–H groups in total. The summed E-state index contributed by atoms with van der Waals surface area (Å²) < 4.78 is 147. The molecule has 208 valence electrons. The Hall–Kier alpha value is -2.60. The number of alkyl halides is 12. The van der Waals surface area contributed by atoms with Gasteiger partial charge in [-0.15, -0.1) is 0 Å². The Morgan fingerprint density at radius 1 is 0.694 bits per heavy atom. The molecule has 0 aliphatic carbocycles. The number of nitrogens with two attached hydrogens (primary N) is 1. The van der Waals surface area contributed by atoms with Crippen molar-refractivity contribution in [3.63, 3.8) is 0 Å². The molecular weight excluding hydrogens is 538 g/mol. The number of rotatable bonds is 7. The first-order valence-corrected chi connectivity index (χ1v) is 9.06. The van der Waals surface area contributed by atoms with Crippen LogP contribution in [0.4, 0.5) is 52.7 Å². The van der Waals surface area contributed by atoms with E-state index in [2.05, 4.69) is 0 Å². The van der Waals surface area contributed by atoms with Crippen LogP contribution in [0.25, 0.3) is 0 Å². The first-order chi connectivity index (χ1) is 15.8. The van der Waals surface area contributed by atoms with Gasteiger partial charge in [0, 0.05) is 0 Å². The molecule has 1 aromatic carbocycles. The quantitative estimate of drug-likeness (QED) is 0.381. The molecule has 6 nitrogen and oxygen atoms in total. The fraction of sp³-hybridized carbons (Fsp3) is 0.556. The molecule has 0 aliphatic rings. The van der Waals surface area contributed by atoms with Gasteiger partial charge < -0.3 is 21.1 Å². The van der Waals surface area contributed by atoms with Gasteiger partial charge in [0.25, 0.3) is 11.2 Å². The largest absolute Gasteiger partial charge is 0.480 e. The van der Waals surface area contributed by atoms with Gasteiger partial charge in [-0.3, -0.25) is 9.59 Å². The fourth-order valence-electron chi connectivity index (χ4n) is 2.31. The molecular formula is C18H17F12NO5. The van der Waals surface area contributed by atoms with Crippen LogP contribution < -0.4 is 5.73 Å². The van der Waals surface area contributed by atoms with Crippen molar-refractivity contribution in [3.05, 3.63) is 35.9 Å². The molecule has 0 aromatic heterocycles. The Bertz CT molecular complexity index is 808. The molecule has 0 aliphatic heterocycles. The average Bonchev–Trinajstić information content (AvgIpc) is 2.65. The number of carbonyl (C=O) groups is 2. The zero-order chi connectivity index (χ0) is 29.0. The maximum Gasteiger partial charge on any atom is 0.426 e. The van der Waals surface area contributed by atoms with Gasteiger partial charge in [0.1, 0.15) is 11.8 Å². The van der Waals surface area contributed by atoms with Gasteiger partial charge in [0.05, 0.1) is 12.8 Å². The number of aliphatic hydroxyl groups is 2. The molecule has 1 unspecified atom stereocenters. The molecule has 0 saturated carbocycles. The maximum atomic E-state index is 12.2. The van der Waals surface area contributed by atoms with E-state index in [0.717, 1.165) is 5.56 Å². The van der Waals surface area contributed by atoms with E-state index in [1.165, 1.54) is 0 Å². The van der Waals surface area contributed by atoms with Crippen molar-refractivity contribution in [2.45, 2.75) is 61.2 Å². The van der Waals surface area contributed by atoms with E-state index in [-0.39, 0.29) is 0 Å². The Morgan fingerprint density at radius 2 is 1.00 bits per heavy atom. The predicted molar refractivity (Wildman–Crippen MR) is 94.1 cm³/mol. The fourth-order valence-corrected chi connectivity index (χ4v) is 2.31. The predicted octanol–water partition coefficient (Wildman–Crippen LogP) is 3.69. The van der Waals surface area contributed by atoms with Gasteiger partial charge in [0.2, 0.25) is 0 Å². The van der Waals surface area contributed by atoms with E-state index in [0.29, 0.717) is 6.42 Å². The third kappa shape index (κ3) is 8.22. The smallest absolute Gasteiger partial charge is 0.426 e. The number of carboxylic acid groups (broad SMARTS) is 1. The van der Waals surface area contributed by atoms with Gasteiger partial charge in [-0.2, -0.15) is 52.7 Å². The van der Waals surface area contributed by atoms with Gasteiger partial charge in [-0.25, -0.2) is 0 Å². The van der Waals surface area contributed by atoms with Crippen molar-refractivity contribution < 1.29 is 77.6 Å². The lowest BCUT2D eigenvalue weighted by Gasteiger charge is -2.34. The van der Waals surface area contributed by atoms with Crippen molar-refractivity contribution in [2.75, 3.05) is 0 Å². The molecule has 0 amide bonds. The Morgan fingerprint density at radius 3 is 1.25 bits per heavy atom. The molecule has 0 fully saturated rings. The van der Waals surface area contributed by atoms with Gasteiger partial charge >= 0.3 is 30.7 Å². The number of benzene rings is 1. The highest BCUT2D eigenvalue weighted by molar-refractivity contribution is 5.81. The van der Waals surface area contributed by atoms with Crippen LogP contribution in [0.5, 0.6) is 0 Å². The third-order valence-electron chi connectivity index (χ3n) is 4.40. The second-order valence-corrected chi connectivity index (χ2v) is 7.24. The third-order valence-corrected chi connectivity index (χ3v) is 4.40. The first kappa shape index (κ1) is 33.4. The molecule has 36 heavy (non-hydrogen) atoms. The summed E-state index contributed by atoms with van der Waals surface area (Å²) in [5.74, 6) is -3.93. The monoisotopic (exact) mass is 555 g/mol. The molecule has 0 saturated heterocycles. The van der Waals surface area contributed by atoms with E-state index in [1.807, 2.05) is 30.3 Å². The average molecular weight is 555 g/mol. The summed E-state index contributed by atoms with van der Waals surface area (Å²) in [6.45, 7) is 0. The van der Waals surface area contributed by atoms with Crippen LogP contribution in [0.15, 0.2) is 30.3 Å². The highest BCUT2D eigenvalue weighted by atomic mass is 19.4. The summed E-state index contributed by atoms with van der Waals surface area (Å²) >= 11 is 0. The van der Waals surface area contributed by atoms with E-state index in [9.17, 15) is 62.3 Å². The number of hydrogen-bond donors (Lipinski definition) is 4. The number of halogens is 12. The maximum absolute atomic E-state index is 12.2. The van der Waals surface area contributed by atoms with E-state index in [1.54, 1.807) is 0 Å². The Labute approximate surface area is 193 Å². The van der Waals surface area contributed by atoms with Crippen LogP contribution in [-0.2, 0) is 16.0 Å². The highest BCUT2D eigenvalue weighted by Gasteiger charge is 2.74.